The molecule has 1 fully saturated rings. The molecule has 1 aromatic carbocycles. The molecule has 1 aromatic rings. The Morgan fingerprint density at radius 2 is 2.00 bits per heavy atom. The van der Waals surface area contributed by atoms with Gasteiger partial charge in [0.05, 0.1) is 24.6 Å². The normalized spacial score (nSPS) is 15.3. The number of nitrogens with zero attached hydrogens (tertiary/aromatic N) is 2. The minimum Gasteiger partial charge on any atom is -0.444 e. The van der Waals surface area contributed by atoms with Gasteiger partial charge in [0, 0.05) is 5.56 Å². The van der Waals surface area contributed by atoms with Crippen molar-refractivity contribution >= 4 is 11.9 Å². The molecule has 0 heterocycles. The van der Waals surface area contributed by atoms with E-state index in [0.29, 0.717) is 5.56 Å². The van der Waals surface area contributed by atoms with Crippen LogP contribution in [0.15, 0.2) is 24.3 Å². The second kappa shape index (κ2) is 6.64. The maximum absolute atomic E-state index is 12.6. The fraction of sp³-hybridized carbons (Fsp3) is 0.526. The maximum atomic E-state index is 12.6. The molecule has 128 valence electrons. The molecule has 0 unspecified atom stereocenters. The molecule has 0 bridgehead atoms. The fourth-order valence-electron chi connectivity index (χ4n) is 2.63. The van der Waals surface area contributed by atoms with Gasteiger partial charge >= 0.3 is 6.09 Å². The molecular formula is C19H24N2O3. The fourth-order valence-corrected chi connectivity index (χ4v) is 2.63. The van der Waals surface area contributed by atoms with Crippen LogP contribution in [-0.2, 0) is 4.74 Å². The van der Waals surface area contributed by atoms with Gasteiger partial charge in [-0.15, -0.1) is 0 Å². The van der Waals surface area contributed by atoms with E-state index in [1.54, 1.807) is 32.9 Å². The van der Waals surface area contributed by atoms with Gasteiger partial charge in [0.25, 0.3) is 0 Å². The molecular weight excluding hydrogens is 304 g/mol. The summed E-state index contributed by atoms with van der Waals surface area (Å²) in [6, 6.07) is 9.42. The largest absolute Gasteiger partial charge is 0.444 e. The molecule has 1 aliphatic rings. The average Bonchev–Trinajstić information content (AvgIpc) is 3.23. The lowest BCUT2D eigenvalue weighted by Crippen LogP contribution is -2.47. The van der Waals surface area contributed by atoms with Crippen molar-refractivity contribution in [1.82, 2.24) is 4.90 Å². The molecule has 24 heavy (non-hydrogen) atoms. The van der Waals surface area contributed by atoms with Crippen LogP contribution >= 0.6 is 0 Å². The zero-order valence-electron chi connectivity index (χ0n) is 14.8. The van der Waals surface area contributed by atoms with Gasteiger partial charge in [-0.25, -0.2) is 4.79 Å². The number of carbonyl (C=O) groups excluding carboxylic acids is 2. The number of rotatable bonds is 5. The van der Waals surface area contributed by atoms with Crippen molar-refractivity contribution in [2.75, 3.05) is 6.54 Å². The average molecular weight is 328 g/mol. The molecule has 0 atom stereocenters. The van der Waals surface area contributed by atoms with Crippen molar-refractivity contribution in [3.63, 3.8) is 0 Å². The van der Waals surface area contributed by atoms with Gasteiger partial charge in [0.1, 0.15) is 5.60 Å². The Hall–Kier alpha value is -2.35. The van der Waals surface area contributed by atoms with Gasteiger partial charge < -0.3 is 4.74 Å². The smallest absolute Gasteiger partial charge is 0.411 e. The van der Waals surface area contributed by atoms with Crippen molar-refractivity contribution in [3.8, 4) is 6.07 Å². The third kappa shape index (κ3) is 4.35. The van der Waals surface area contributed by atoms with Crippen LogP contribution in [0.25, 0.3) is 0 Å². The first-order valence-corrected chi connectivity index (χ1v) is 8.14. The molecule has 1 saturated carbocycles. The maximum Gasteiger partial charge on any atom is 0.411 e. The number of benzene rings is 1. The van der Waals surface area contributed by atoms with Crippen LogP contribution in [0.3, 0.4) is 0 Å². The van der Waals surface area contributed by atoms with Crippen LogP contribution < -0.4 is 0 Å². The summed E-state index contributed by atoms with van der Waals surface area (Å²) >= 11 is 0. The quantitative estimate of drug-likeness (QED) is 0.770. The van der Waals surface area contributed by atoms with Crippen LogP contribution in [-0.4, -0.2) is 34.5 Å². The van der Waals surface area contributed by atoms with E-state index in [1.165, 1.54) is 4.90 Å². The summed E-state index contributed by atoms with van der Waals surface area (Å²) in [5.41, 5.74) is 0.347. The molecule has 0 radical (unpaired) electrons. The van der Waals surface area contributed by atoms with E-state index in [2.05, 4.69) is 6.07 Å². The zero-order valence-corrected chi connectivity index (χ0v) is 14.8. The summed E-state index contributed by atoms with van der Waals surface area (Å²) in [4.78, 5) is 26.7. The number of ketones is 1. The number of amides is 1. The second-order valence-corrected chi connectivity index (χ2v) is 7.42. The Morgan fingerprint density at radius 3 is 2.50 bits per heavy atom. The predicted octanol–water partition coefficient (Wildman–Crippen LogP) is 3.86. The Morgan fingerprint density at radius 1 is 1.33 bits per heavy atom. The van der Waals surface area contributed by atoms with Crippen molar-refractivity contribution in [3.05, 3.63) is 35.4 Å². The Bertz CT molecular complexity index is 679. The van der Waals surface area contributed by atoms with Gasteiger partial charge in [-0.3, -0.25) is 9.69 Å². The molecule has 5 nitrogen and oxygen atoms in total. The Balaban J connectivity index is 2.22. The molecule has 0 saturated heterocycles. The minimum absolute atomic E-state index is 0.0694. The van der Waals surface area contributed by atoms with E-state index in [1.807, 2.05) is 19.1 Å². The lowest BCUT2D eigenvalue weighted by Gasteiger charge is -2.32. The van der Waals surface area contributed by atoms with Gasteiger partial charge in [-0.05, 0) is 46.6 Å². The van der Waals surface area contributed by atoms with E-state index >= 15 is 0 Å². The highest BCUT2D eigenvalue weighted by atomic mass is 16.6. The van der Waals surface area contributed by atoms with Crippen molar-refractivity contribution in [2.24, 2.45) is 0 Å². The van der Waals surface area contributed by atoms with Gasteiger partial charge in [-0.2, -0.15) is 5.26 Å². The van der Waals surface area contributed by atoms with E-state index in [4.69, 9.17) is 10.00 Å². The molecule has 2 rings (SSSR count). The molecule has 0 aliphatic heterocycles. The van der Waals surface area contributed by atoms with Gasteiger partial charge in [0.2, 0.25) is 0 Å². The first-order valence-electron chi connectivity index (χ1n) is 8.14. The van der Waals surface area contributed by atoms with E-state index in [0.717, 1.165) is 18.4 Å². The van der Waals surface area contributed by atoms with Crippen molar-refractivity contribution in [2.45, 2.75) is 58.1 Å². The summed E-state index contributed by atoms with van der Waals surface area (Å²) in [6.45, 7) is 7.21. The topological polar surface area (TPSA) is 70.4 Å². The minimum atomic E-state index is -0.648. The number of ether oxygens (including phenoxy) is 1. The van der Waals surface area contributed by atoms with Crippen molar-refractivity contribution < 1.29 is 14.3 Å². The van der Waals surface area contributed by atoms with Crippen molar-refractivity contribution in [1.29, 1.82) is 5.26 Å². The molecule has 0 aromatic heterocycles. The van der Waals surface area contributed by atoms with Crippen LogP contribution in [0.2, 0.25) is 0 Å². The molecule has 0 spiro atoms. The molecule has 5 heteroatoms. The SMILES string of the molecule is Cc1cccc(C(=O)CN(C(=O)OC(C)(C)C)C2(CC#N)CC2)c1. The highest BCUT2D eigenvalue weighted by Gasteiger charge is 2.51. The number of Topliss-reactive ketones (excluding diaryl/α,β-unsaturated/α-hetero) is 1. The molecule has 1 aliphatic carbocycles. The predicted molar refractivity (Wildman–Crippen MR) is 90.6 cm³/mol. The first kappa shape index (κ1) is 18.0. The zero-order chi connectivity index (χ0) is 18.0. The number of nitriles is 1. The lowest BCUT2D eigenvalue weighted by atomic mass is 10.1. The number of aryl methyl sites for hydroxylation is 1. The first-order chi connectivity index (χ1) is 11.2. The van der Waals surface area contributed by atoms with Crippen LogP contribution in [0, 0.1) is 18.3 Å². The highest BCUT2D eigenvalue weighted by molar-refractivity contribution is 5.99. The monoisotopic (exact) mass is 328 g/mol. The molecule has 1 amide bonds. The van der Waals surface area contributed by atoms with Crippen LogP contribution in [0.5, 0.6) is 0 Å². The second-order valence-electron chi connectivity index (χ2n) is 7.42. The third-order valence-corrected chi connectivity index (χ3v) is 4.06. The van der Waals surface area contributed by atoms with E-state index in [-0.39, 0.29) is 18.7 Å². The van der Waals surface area contributed by atoms with E-state index in [9.17, 15) is 9.59 Å². The van der Waals surface area contributed by atoms with E-state index < -0.39 is 17.2 Å². The Kier molecular flexibility index (Phi) is 4.98. The number of hydrogen-bond donors (Lipinski definition) is 0. The Labute approximate surface area is 143 Å². The van der Waals surface area contributed by atoms with Crippen LogP contribution in [0.1, 0.15) is 56.0 Å². The van der Waals surface area contributed by atoms with Gasteiger partial charge in [0.15, 0.2) is 5.78 Å². The number of hydrogen-bond acceptors (Lipinski definition) is 4. The third-order valence-electron chi connectivity index (χ3n) is 4.06. The summed E-state index contributed by atoms with van der Waals surface area (Å²) < 4.78 is 5.46. The summed E-state index contributed by atoms with van der Waals surface area (Å²) in [5, 5.41) is 9.08. The lowest BCUT2D eigenvalue weighted by molar-refractivity contribution is 0.0135. The van der Waals surface area contributed by atoms with Crippen LogP contribution in [0.4, 0.5) is 4.79 Å². The van der Waals surface area contributed by atoms with Gasteiger partial charge in [-0.1, -0.05) is 23.8 Å². The summed E-state index contributed by atoms with van der Waals surface area (Å²) in [5.74, 6) is -0.145. The highest BCUT2D eigenvalue weighted by Crippen LogP contribution is 2.45. The molecule has 0 N–H and O–H groups in total. The standard InChI is InChI=1S/C19H24N2O3/c1-14-6-5-7-15(12-14)16(22)13-21(17(23)24-18(2,3)4)19(8-9-19)10-11-20/h5-7,12H,8-10,13H2,1-4H3. The summed E-state index contributed by atoms with van der Waals surface area (Å²) in [7, 11) is 0. The summed E-state index contributed by atoms with van der Waals surface area (Å²) in [6.07, 6.45) is 1.13. The number of carbonyl (C=O) groups is 2.